The third-order valence-electron chi connectivity index (χ3n) is 3.57. The molecule has 4 nitrogen and oxygen atoms in total. The molecular weight excluding hydrogens is 320 g/mol. The molecule has 0 saturated heterocycles. The molecule has 0 aliphatic rings. The molecule has 3 rings (SSSR count). The van der Waals surface area contributed by atoms with Crippen molar-refractivity contribution >= 4 is 17.2 Å². The van der Waals surface area contributed by atoms with Gasteiger partial charge in [-0.25, -0.2) is 4.98 Å². The minimum atomic E-state index is -0.0147. The summed E-state index contributed by atoms with van der Waals surface area (Å²) < 4.78 is 5.92. The van der Waals surface area contributed by atoms with Crippen LogP contribution in [0, 0.1) is 6.92 Å². The van der Waals surface area contributed by atoms with E-state index in [2.05, 4.69) is 10.3 Å². The standard InChI is InChI=1S/C19H18N2O2S/c1-14-5-2-3-7-17(14)23-19-16(6-4-9-20-19)12-21-18(22)11-15-8-10-24-13-15/h2-10,13H,11-12H2,1H3,(H,21,22). The third-order valence-corrected chi connectivity index (χ3v) is 4.30. The summed E-state index contributed by atoms with van der Waals surface area (Å²) in [5.41, 5.74) is 2.91. The largest absolute Gasteiger partial charge is 0.438 e. The Kier molecular flexibility index (Phi) is 5.23. The molecule has 1 amide bonds. The van der Waals surface area contributed by atoms with Crippen molar-refractivity contribution in [1.82, 2.24) is 10.3 Å². The Hall–Kier alpha value is -2.66. The second kappa shape index (κ2) is 7.75. The molecule has 2 heterocycles. The highest BCUT2D eigenvalue weighted by Crippen LogP contribution is 2.25. The number of hydrogen-bond donors (Lipinski definition) is 1. The number of carbonyl (C=O) groups is 1. The quantitative estimate of drug-likeness (QED) is 0.736. The van der Waals surface area contributed by atoms with E-state index in [0.717, 1.165) is 22.4 Å². The predicted molar refractivity (Wildman–Crippen MR) is 95.4 cm³/mol. The number of pyridine rings is 1. The Bertz CT molecular complexity index is 816. The lowest BCUT2D eigenvalue weighted by atomic mass is 10.2. The minimum absolute atomic E-state index is 0.0147. The lowest BCUT2D eigenvalue weighted by molar-refractivity contribution is -0.120. The van der Waals surface area contributed by atoms with Gasteiger partial charge in [0, 0.05) is 18.3 Å². The van der Waals surface area contributed by atoms with E-state index in [1.807, 2.05) is 60.1 Å². The zero-order valence-electron chi connectivity index (χ0n) is 13.4. The van der Waals surface area contributed by atoms with Crippen LogP contribution in [0.25, 0.3) is 0 Å². The topological polar surface area (TPSA) is 51.2 Å². The van der Waals surface area contributed by atoms with E-state index in [-0.39, 0.29) is 5.91 Å². The molecule has 24 heavy (non-hydrogen) atoms. The van der Waals surface area contributed by atoms with E-state index >= 15 is 0 Å². The highest BCUT2D eigenvalue weighted by atomic mass is 32.1. The van der Waals surface area contributed by atoms with Gasteiger partial charge in [0.25, 0.3) is 0 Å². The van der Waals surface area contributed by atoms with E-state index in [1.165, 1.54) is 0 Å². The van der Waals surface area contributed by atoms with Crippen LogP contribution in [0.4, 0.5) is 0 Å². The molecule has 0 aliphatic carbocycles. The van der Waals surface area contributed by atoms with Crippen molar-refractivity contribution < 1.29 is 9.53 Å². The van der Waals surface area contributed by atoms with Crippen molar-refractivity contribution in [1.29, 1.82) is 0 Å². The molecule has 0 atom stereocenters. The van der Waals surface area contributed by atoms with Gasteiger partial charge in [-0.05, 0) is 47.0 Å². The SMILES string of the molecule is Cc1ccccc1Oc1ncccc1CNC(=O)Cc1ccsc1. The number of hydrogen-bond acceptors (Lipinski definition) is 4. The van der Waals surface area contributed by atoms with Gasteiger partial charge in [0.05, 0.1) is 6.42 Å². The number of aryl methyl sites for hydroxylation is 1. The van der Waals surface area contributed by atoms with Crippen molar-refractivity contribution in [2.45, 2.75) is 19.9 Å². The van der Waals surface area contributed by atoms with Crippen LogP contribution in [0.3, 0.4) is 0 Å². The van der Waals surface area contributed by atoms with Gasteiger partial charge in [0.15, 0.2) is 0 Å². The molecule has 1 aromatic carbocycles. The molecule has 122 valence electrons. The van der Waals surface area contributed by atoms with Crippen LogP contribution in [0.15, 0.2) is 59.4 Å². The van der Waals surface area contributed by atoms with E-state index in [4.69, 9.17) is 4.74 Å². The maximum absolute atomic E-state index is 12.0. The van der Waals surface area contributed by atoms with Crippen LogP contribution in [0.5, 0.6) is 11.6 Å². The van der Waals surface area contributed by atoms with Gasteiger partial charge in [-0.3, -0.25) is 4.79 Å². The highest BCUT2D eigenvalue weighted by Gasteiger charge is 2.10. The molecule has 0 bridgehead atoms. The normalized spacial score (nSPS) is 10.4. The smallest absolute Gasteiger partial charge is 0.224 e. The van der Waals surface area contributed by atoms with E-state index in [9.17, 15) is 4.79 Å². The zero-order chi connectivity index (χ0) is 16.8. The Balaban J connectivity index is 1.66. The van der Waals surface area contributed by atoms with Crippen LogP contribution >= 0.6 is 11.3 Å². The maximum Gasteiger partial charge on any atom is 0.224 e. The summed E-state index contributed by atoms with van der Waals surface area (Å²) in [6.07, 6.45) is 2.07. The Morgan fingerprint density at radius 1 is 1.21 bits per heavy atom. The second-order valence-electron chi connectivity index (χ2n) is 5.42. The van der Waals surface area contributed by atoms with Crippen molar-refractivity contribution in [2.24, 2.45) is 0 Å². The van der Waals surface area contributed by atoms with E-state index < -0.39 is 0 Å². The summed E-state index contributed by atoms with van der Waals surface area (Å²) in [5.74, 6) is 1.27. The van der Waals surface area contributed by atoms with Crippen LogP contribution in [-0.4, -0.2) is 10.9 Å². The number of thiophene rings is 1. The molecule has 2 aromatic heterocycles. The molecule has 0 spiro atoms. The van der Waals surface area contributed by atoms with Gasteiger partial charge in [-0.2, -0.15) is 11.3 Å². The summed E-state index contributed by atoms with van der Waals surface area (Å²) in [6.45, 7) is 2.37. The van der Waals surface area contributed by atoms with Crippen molar-refractivity contribution in [2.75, 3.05) is 0 Å². The molecular formula is C19H18N2O2S. The molecule has 3 aromatic rings. The lowest BCUT2D eigenvalue weighted by Gasteiger charge is -2.12. The lowest BCUT2D eigenvalue weighted by Crippen LogP contribution is -2.24. The fourth-order valence-corrected chi connectivity index (χ4v) is 2.93. The van der Waals surface area contributed by atoms with Gasteiger partial charge in [-0.15, -0.1) is 0 Å². The monoisotopic (exact) mass is 338 g/mol. The fraction of sp³-hybridized carbons (Fsp3) is 0.158. The molecule has 0 fully saturated rings. The Labute approximate surface area is 145 Å². The van der Waals surface area contributed by atoms with Gasteiger partial charge < -0.3 is 10.1 Å². The highest BCUT2D eigenvalue weighted by molar-refractivity contribution is 7.08. The van der Waals surface area contributed by atoms with E-state index in [0.29, 0.717) is 18.8 Å². The molecule has 5 heteroatoms. The predicted octanol–water partition coefficient (Wildman–Crippen LogP) is 4.10. The van der Waals surface area contributed by atoms with Crippen LogP contribution in [0.2, 0.25) is 0 Å². The van der Waals surface area contributed by atoms with Crippen molar-refractivity contribution in [3.8, 4) is 11.6 Å². The number of carbonyl (C=O) groups excluding carboxylic acids is 1. The first kappa shape index (κ1) is 16.2. The fourth-order valence-electron chi connectivity index (χ4n) is 2.26. The molecule has 1 N–H and O–H groups in total. The van der Waals surface area contributed by atoms with Crippen molar-refractivity contribution in [3.05, 3.63) is 76.1 Å². The van der Waals surface area contributed by atoms with Crippen molar-refractivity contribution in [3.63, 3.8) is 0 Å². The average Bonchev–Trinajstić information content (AvgIpc) is 3.09. The molecule has 0 aliphatic heterocycles. The zero-order valence-corrected chi connectivity index (χ0v) is 14.2. The molecule has 0 saturated carbocycles. The third kappa shape index (κ3) is 4.20. The first-order chi connectivity index (χ1) is 11.7. The van der Waals surface area contributed by atoms with Crippen LogP contribution < -0.4 is 10.1 Å². The Morgan fingerprint density at radius 3 is 2.88 bits per heavy atom. The minimum Gasteiger partial charge on any atom is -0.438 e. The Morgan fingerprint density at radius 2 is 2.08 bits per heavy atom. The number of amides is 1. The number of benzene rings is 1. The second-order valence-corrected chi connectivity index (χ2v) is 6.20. The summed E-state index contributed by atoms with van der Waals surface area (Å²) in [7, 11) is 0. The van der Waals surface area contributed by atoms with Gasteiger partial charge in [0.1, 0.15) is 5.75 Å². The molecule has 0 unspecified atom stereocenters. The van der Waals surface area contributed by atoms with Gasteiger partial charge >= 0.3 is 0 Å². The van der Waals surface area contributed by atoms with Crippen LogP contribution in [0.1, 0.15) is 16.7 Å². The number of rotatable bonds is 6. The first-order valence-corrected chi connectivity index (χ1v) is 8.62. The molecule has 0 radical (unpaired) electrons. The number of aromatic nitrogens is 1. The number of nitrogens with one attached hydrogen (secondary N) is 1. The average molecular weight is 338 g/mol. The summed E-state index contributed by atoms with van der Waals surface area (Å²) >= 11 is 1.59. The van der Waals surface area contributed by atoms with Gasteiger partial charge in [0.2, 0.25) is 11.8 Å². The summed E-state index contributed by atoms with van der Waals surface area (Å²) in [4.78, 5) is 16.3. The van der Waals surface area contributed by atoms with Crippen LogP contribution in [-0.2, 0) is 17.8 Å². The number of nitrogens with zero attached hydrogens (tertiary/aromatic N) is 1. The maximum atomic E-state index is 12.0. The van der Waals surface area contributed by atoms with Gasteiger partial charge in [-0.1, -0.05) is 24.3 Å². The summed E-state index contributed by atoms with van der Waals surface area (Å²) in [6, 6.07) is 13.5. The number of ether oxygens (including phenoxy) is 1. The summed E-state index contributed by atoms with van der Waals surface area (Å²) in [5, 5.41) is 6.88. The van der Waals surface area contributed by atoms with E-state index in [1.54, 1.807) is 17.5 Å². The first-order valence-electron chi connectivity index (χ1n) is 7.67. The number of para-hydroxylation sites is 1.